The summed E-state index contributed by atoms with van der Waals surface area (Å²) in [5.74, 6) is 0.337. The number of piperidine rings is 4. The van der Waals surface area contributed by atoms with Crippen molar-refractivity contribution in [3.8, 4) is 0 Å². The minimum atomic E-state index is -0.613. The number of anilines is 1. The number of rotatable bonds is 9. The monoisotopic (exact) mass is 648 g/mol. The van der Waals surface area contributed by atoms with Crippen LogP contribution in [0.5, 0.6) is 0 Å². The minimum Gasteiger partial charge on any atom is -0.457 e. The highest BCUT2D eigenvalue weighted by Gasteiger charge is 2.53. The number of carbonyl (C=O) groups excluding carboxylic acids is 2. The van der Waals surface area contributed by atoms with Crippen LogP contribution in [-0.4, -0.2) is 93.7 Å². The predicted octanol–water partition coefficient (Wildman–Crippen LogP) is 4.31. The second-order valence-electron chi connectivity index (χ2n) is 14.0. The smallest absolute Gasteiger partial charge is 0.338 e. The molecule has 0 radical (unpaired) electrons. The van der Waals surface area contributed by atoms with Crippen molar-refractivity contribution in [3.05, 3.63) is 100 Å². The Labute approximate surface area is 280 Å². The molecule has 4 aromatic rings. The molecule has 10 heteroatoms. The number of carbonyl (C=O) groups is 2. The van der Waals surface area contributed by atoms with Crippen LogP contribution in [0.15, 0.2) is 83.7 Å². The van der Waals surface area contributed by atoms with Crippen molar-refractivity contribution < 1.29 is 14.3 Å². The molecule has 0 saturated carbocycles. The second-order valence-corrected chi connectivity index (χ2v) is 14.0. The summed E-state index contributed by atoms with van der Waals surface area (Å²) in [5, 5.41) is 0. The van der Waals surface area contributed by atoms with Gasteiger partial charge in [-0.25, -0.2) is 9.59 Å². The molecule has 250 valence electrons. The van der Waals surface area contributed by atoms with Crippen LogP contribution in [0.4, 0.5) is 5.69 Å². The Kier molecular flexibility index (Phi) is 8.30. The minimum absolute atomic E-state index is 0.0367. The van der Waals surface area contributed by atoms with E-state index in [0.29, 0.717) is 31.2 Å². The molecule has 6 heterocycles. The summed E-state index contributed by atoms with van der Waals surface area (Å²) in [6, 6.07) is 25.7. The Bertz CT molecular complexity index is 1840. The Morgan fingerprint density at radius 3 is 2.42 bits per heavy atom. The predicted molar refractivity (Wildman–Crippen MR) is 185 cm³/mol. The van der Waals surface area contributed by atoms with Gasteiger partial charge in [0, 0.05) is 38.4 Å². The number of fused-ring (bicyclic) bond motifs is 4. The number of H-pyrrole nitrogens is 1. The number of imidazole rings is 1. The quantitative estimate of drug-likeness (QED) is 0.271. The third-order valence-electron chi connectivity index (χ3n) is 11.2. The number of hydrogen-bond donors (Lipinski definition) is 1. The van der Waals surface area contributed by atoms with Crippen LogP contribution in [0, 0.1) is 5.92 Å². The van der Waals surface area contributed by atoms with E-state index in [2.05, 4.69) is 31.8 Å². The summed E-state index contributed by atoms with van der Waals surface area (Å²) in [6.07, 6.45) is 4.48. The van der Waals surface area contributed by atoms with Gasteiger partial charge in [-0.1, -0.05) is 42.5 Å². The zero-order valence-corrected chi connectivity index (χ0v) is 27.4. The number of para-hydroxylation sites is 3. The van der Waals surface area contributed by atoms with E-state index in [4.69, 9.17) is 4.74 Å². The maximum Gasteiger partial charge on any atom is 0.338 e. The van der Waals surface area contributed by atoms with Gasteiger partial charge in [0.1, 0.15) is 11.6 Å². The average molecular weight is 649 g/mol. The van der Waals surface area contributed by atoms with Crippen molar-refractivity contribution >= 4 is 28.6 Å². The Hall–Kier alpha value is -4.41. The molecule has 3 aromatic carbocycles. The van der Waals surface area contributed by atoms with E-state index < -0.39 is 5.54 Å². The molecule has 0 aliphatic carbocycles. The molecule has 1 unspecified atom stereocenters. The first-order valence-corrected chi connectivity index (χ1v) is 17.5. The number of aromatic nitrogens is 2. The molecule has 1 spiro atoms. The second kappa shape index (κ2) is 12.9. The van der Waals surface area contributed by atoms with Gasteiger partial charge in [0.15, 0.2) is 0 Å². The van der Waals surface area contributed by atoms with Gasteiger partial charge in [0.2, 0.25) is 5.91 Å². The summed E-state index contributed by atoms with van der Waals surface area (Å²) in [6.45, 7) is 7.12. The van der Waals surface area contributed by atoms with E-state index in [-0.39, 0.29) is 23.7 Å². The van der Waals surface area contributed by atoms with Gasteiger partial charge >= 0.3 is 11.7 Å². The van der Waals surface area contributed by atoms with Gasteiger partial charge < -0.3 is 24.4 Å². The summed E-state index contributed by atoms with van der Waals surface area (Å²) in [5.41, 5.74) is 3.65. The highest BCUT2D eigenvalue weighted by Crippen LogP contribution is 2.40. The fourth-order valence-corrected chi connectivity index (χ4v) is 8.52. The number of esters is 1. The first kappa shape index (κ1) is 30.9. The molecule has 48 heavy (non-hydrogen) atoms. The molecule has 10 nitrogen and oxygen atoms in total. The van der Waals surface area contributed by atoms with Crippen molar-refractivity contribution in [1.82, 2.24) is 24.3 Å². The lowest BCUT2D eigenvalue weighted by molar-refractivity contribution is -0.134. The third kappa shape index (κ3) is 5.81. The van der Waals surface area contributed by atoms with Gasteiger partial charge in [0.25, 0.3) is 0 Å². The normalized spacial score (nSPS) is 23.8. The molecule has 5 saturated heterocycles. The number of aryl methyl sites for hydroxylation is 1. The number of likely N-dealkylation sites (tertiary alicyclic amines) is 1. The van der Waals surface area contributed by atoms with E-state index in [1.807, 2.05) is 76.2 Å². The van der Waals surface area contributed by atoms with Crippen molar-refractivity contribution in [1.29, 1.82) is 0 Å². The zero-order valence-electron chi connectivity index (χ0n) is 27.4. The van der Waals surface area contributed by atoms with E-state index >= 15 is 0 Å². The van der Waals surface area contributed by atoms with Crippen molar-refractivity contribution in [2.75, 3.05) is 50.8 Å². The van der Waals surface area contributed by atoms with Crippen LogP contribution >= 0.6 is 0 Å². The van der Waals surface area contributed by atoms with Crippen LogP contribution in [0.3, 0.4) is 0 Å². The fourth-order valence-electron chi connectivity index (χ4n) is 8.52. The van der Waals surface area contributed by atoms with Crippen LogP contribution in [0.2, 0.25) is 0 Å². The number of benzene rings is 3. The zero-order chi connectivity index (χ0) is 32.7. The number of amides is 1. The van der Waals surface area contributed by atoms with E-state index in [0.717, 1.165) is 93.7 Å². The van der Waals surface area contributed by atoms with Crippen LogP contribution in [0.1, 0.15) is 48.0 Å². The van der Waals surface area contributed by atoms with Gasteiger partial charge in [0.05, 0.1) is 23.3 Å². The summed E-state index contributed by atoms with van der Waals surface area (Å²) in [4.78, 5) is 52.2. The van der Waals surface area contributed by atoms with Crippen molar-refractivity contribution in [2.24, 2.45) is 5.92 Å². The molecule has 1 atom stereocenters. The van der Waals surface area contributed by atoms with E-state index in [1.165, 1.54) is 0 Å². The fraction of sp³-hybridized carbons (Fsp3) is 0.447. The SMILES string of the molecule is O=C(OC1CN2CCC1CC2)c1cccc(CN2CN(c3ccccc3)C3(CCN(CCCn4c(=O)[nH]c5ccccc54)CC3)C2=O)c1. The van der Waals surface area contributed by atoms with Crippen molar-refractivity contribution in [3.63, 3.8) is 0 Å². The summed E-state index contributed by atoms with van der Waals surface area (Å²) >= 11 is 0. The molecule has 1 amide bonds. The van der Waals surface area contributed by atoms with Crippen molar-refractivity contribution in [2.45, 2.75) is 56.8 Å². The lowest BCUT2D eigenvalue weighted by Crippen LogP contribution is -2.56. The lowest BCUT2D eigenvalue weighted by atomic mass is 9.85. The van der Waals surface area contributed by atoms with E-state index in [9.17, 15) is 14.4 Å². The number of ether oxygens (including phenoxy) is 1. The number of nitrogens with zero attached hydrogens (tertiary/aromatic N) is 5. The highest BCUT2D eigenvalue weighted by atomic mass is 16.5. The summed E-state index contributed by atoms with van der Waals surface area (Å²) < 4.78 is 7.84. The molecule has 5 aliphatic rings. The van der Waals surface area contributed by atoms with E-state index in [1.54, 1.807) is 0 Å². The van der Waals surface area contributed by atoms with Crippen LogP contribution < -0.4 is 10.6 Å². The number of aromatic amines is 1. The summed E-state index contributed by atoms with van der Waals surface area (Å²) in [7, 11) is 0. The standard InChI is InChI=1S/C38H44N6O4/c45-35(48-34-26-41-20-14-29(34)15-21-41)30-9-6-8-28(24-30)25-42-27-44(31-10-2-1-3-11-31)38(36(42)46)16-22-40(23-17-38)18-7-19-43-33-13-5-4-12-32(33)39-37(43)47/h1-6,8-13,24,29,34H,7,14-23,25-27H2,(H,39,47). The van der Waals surface area contributed by atoms with Gasteiger partial charge in [-0.3, -0.25) is 14.3 Å². The Morgan fingerprint density at radius 2 is 1.65 bits per heavy atom. The molecule has 2 bridgehead atoms. The maximum atomic E-state index is 14.4. The highest BCUT2D eigenvalue weighted by molar-refractivity contribution is 5.94. The van der Waals surface area contributed by atoms with Gasteiger partial charge in [-0.05, 0) is 99.6 Å². The lowest BCUT2D eigenvalue weighted by Gasteiger charge is -2.43. The Morgan fingerprint density at radius 1 is 0.875 bits per heavy atom. The number of hydrogen-bond acceptors (Lipinski definition) is 7. The van der Waals surface area contributed by atoms with Gasteiger partial charge in [-0.15, -0.1) is 0 Å². The third-order valence-corrected chi connectivity index (χ3v) is 11.2. The molecule has 5 fully saturated rings. The molecule has 9 rings (SSSR count). The Balaban J connectivity index is 0.933. The van der Waals surface area contributed by atoms with Crippen LogP contribution in [0.25, 0.3) is 11.0 Å². The average Bonchev–Trinajstić information content (AvgIpc) is 3.58. The topological polar surface area (TPSA) is 94.1 Å². The molecular formula is C38H44N6O4. The first-order valence-electron chi connectivity index (χ1n) is 17.5. The first-order chi connectivity index (χ1) is 23.5. The van der Waals surface area contributed by atoms with Crippen LogP contribution in [-0.2, 0) is 22.6 Å². The largest absolute Gasteiger partial charge is 0.457 e. The van der Waals surface area contributed by atoms with Gasteiger partial charge in [-0.2, -0.15) is 0 Å². The molecular weight excluding hydrogens is 604 g/mol. The molecule has 1 aromatic heterocycles. The molecule has 1 N–H and O–H groups in total. The number of nitrogens with one attached hydrogen (secondary N) is 1. The maximum absolute atomic E-state index is 14.4. The molecule has 5 aliphatic heterocycles.